The first-order chi connectivity index (χ1) is 16.1. The van der Waals surface area contributed by atoms with Gasteiger partial charge in [0.1, 0.15) is 0 Å². The molecule has 0 saturated heterocycles. The third-order valence-electron chi connectivity index (χ3n) is 8.21. The van der Waals surface area contributed by atoms with Gasteiger partial charge in [0, 0.05) is 37.0 Å². The van der Waals surface area contributed by atoms with Crippen LogP contribution in [0.2, 0.25) is 0 Å². The van der Waals surface area contributed by atoms with Crippen molar-refractivity contribution in [3.05, 3.63) is 66.0 Å². The highest BCUT2D eigenvalue weighted by Gasteiger charge is 2.61. The molecule has 6 nitrogen and oxygen atoms in total. The molecular formula is C28H37N3O3. The molecule has 34 heavy (non-hydrogen) atoms. The molecule has 2 amide bonds. The zero-order chi connectivity index (χ0) is 24.4. The zero-order valence-corrected chi connectivity index (χ0v) is 20.5. The second-order valence-electron chi connectivity index (χ2n) is 11.2. The van der Waals surface area contributed by atoms with Crippen LogP contribution in [0, 0.1) is 16.7 Å². The lowest BCUT2D eigenvalue weighted by Crippen LogP contribution is -2.52. The fourth-order valence-electron chi connectivity index (χ4n) is 6.40. The molecule has 2 fully saturated rings. The second-order valence-corrected chi connectivity index (χ2v) is 11.2. The molecule has 1 heterocycles. The molecule has 182 valence electrons. The van der Waals surface area contributed by atoms with Crippen molar-refractivity contribution >= 4 is 11.8 Å². The normalized spacial score (nSPS) is 29.8. The highest BCUT2D eigenvalue weighted by molar-refractivity contribution is 5.94. The molecule has 2 aromatic rings. The van der Waals surface area contributed by atoms with Crippen molar-refractivity contribution in [1.82, 2.24) is 15.6 Å². The molecule has 4 rings (SSSR count). The summed E-state index contributed by atoms with van der Waals surface area (Å²) in [4.78, 5) is 30.0. The van der Waals surface area contributed by atoms with E-state index in [0.717, 1.165) is 18.4 Å². The van der Waals surface area contributed by atoms with E-state index in [0.29, 0.717) is 37.8 Å². The van der Waals surface area contributed by atoms with Crippen LogP contribution in [-0.2, 0) is 11.3 Å². The Morgan fingerprint density at radius 3 is 2.53 bits per heavy atom. The van der Waals surface area contributed by atoms with Gasteiger partial charge in [-0.25, -0.2) is 0 Å². The number of amides is 2. The smallest absolute Gasteiger partial charge is 0.251 e. The summed E-state index contributed by atoms with van der Waals surface area (Å²) in [7, 11) is 0. The first-order valence-electron chi connectivity index (χ1n) is 12.4. The van der Waals surface area contributed by atoms with Crippen LogP contribution in [0.15, 0.2) is 54.9 Å². The average molecular weight is 464 g/mol. The molecule has 2 aliphatic rings. The van der Waals surface area contributed by atoms with Crippen LogP contribution < -0.4 is 10.6 Å². The summed E-state index contributed by atoms with van der Waals surface area (Å²) >= 11 is 0. The number of carbonyl (C=O) groups excluding carboxylic acids is 2. The van der Waals surface area contributed by atoms with Crippen molar-refractivity contribution in [2.45, 2.75) is 77.5 Å². The van der Waals surface area contributed by atoms with Gasteiger partial charge in [-0.3, -0.25) is 14.6 Å². The number of benzene rings is 1. The molecule has 3 N–H and O–H groups in total. The molecule has 0 radical (unpaired) electrons. The predicted octanol–water partition coefficient (Wildman–Crippen LogP) is 4.24. The zero-order valence-electron chi connectivity index (χ0n) is 20.5. The van der Waals surface area contributed by atoms with Crippen molar-refractivity contribution < 1.29 is 14.7 Å². The highest BCUT2D eigenvalue weighted by Crippen LogP contribution is 2.63. The Balaban J connectivity index is 1.52. The van der Waals surface area contributed by atoms with Crippen molar-refractivity contribution in [1.29, 1.82) is 0 Å². The lowest BCUT2D eigenvalue weighted by Gasteiger charge is -2.50. The molecule has 4 atom stereocenters. The largest absolute Gasteiger partial charge is 0.390 e. The van der Waals surface area contributed by atoms with Gasteiger partial charge in [-0.1, -0.05) is 38.1 Å². The number of nitrogens with one attached hydrogen (secondary N) is 2. The van der Waals surface area contributed by atoms with Crippen LogP contribution in [0.3, 0.4) is 0 Å². The van der Waals surface area contributed by atoms with E-state index >= 15 is 0 Å². The van der Waals surface area contributed by atoms with Crippen LogP contribution in [0.5, 0.6) is 0 Å². The SMILES string of the molecule is CC1(C)C[C@H](NC(=O)c2ccccc2)[C@@]2(CCC(=O)NCc3cccnc3)CC[C@](C)(O)C[C@@H]12. The Hall–Kier alpha value is -2.73. The number of fused-ring (bicyclic) bond motifs is 1. The number of pyridine rings is 1. The van der Waals surface area contributed by atoms with Gasteiger partial charge in [0.05, 0.1) is 5.60 Å². The van der Waals surface area contributed by atoms with Crippen molar-refractivity contribution in [2.75, 3.05) is 0 Å². The van der Waals surface area contributed by atoms with Gasteiger partial charge in [-0.2, -0.15) is 0 Å². The van der Waals surface area contributed by atoms with Crippen LogP contribution in [0.25, 0.3) is 0 Å². The highest BCUT2D eigenvalue weighted by atomic mass is 16.3. The molecule has 0 spiro atoms. The number of aromatic nitrogens is 1. The Kier molecular flexibility index (Phi) is 6.81. The average Bonchev–Trinajstić information content (AvgIpc) is 3.03. The Bertz CT molecular complexity index is 1010. The maximum atomic E-state index is 13.1. The van der Waals surface area contributed by atoms with Gasteiger partial charge in [0.25, 0.3) is 5.91 Å². The number of carbonyl (C=O) groups is 2. The molecule has 0 aliphatic heterocycles. The molecular weight excluding hydrogens is 426 g/mol. The van der Waals surface area contributed by atoms with Gasteiger partial charge in [-0.05, 0) is 79.5 Å². The molecule has 0 bridgehead atoms. The van der Waals surface area contributed by atoms with Gasteiger partial charge < -0.3 is 15.7 Å². The summed E-state index contributed by atoms with van der Waals surface area (Å²) in [5.74, 6) is 0.155. The van der Waals surface area contributed by atoms with Crippen LogP contribution in [-0.4, -0.2) is 33.5 Å². The number of hydrogen-bond donors (Lipinski definition) is 3. The van der Waals surface area contributed by atoms with Crippen molar-refractivity contribution in [3.63, 3.8) is 0 Å². The maximum absolute atomic E-state index is 13.1. The van der Waals surface area contributed by atoms with Crippen molar-refractivity contribution in [3.8, 4) is 0 Å². The minimum Gasteiger partial charge on any atom is -0.390 e. The fraction of sp³-hybridized carbons (Fsp3) is 0.536. The quantitative estimate of drug-likeness (QED) is 0.573. The first kappa shape index (κ1) is 24.4. The molecule has 6 heteroatoms. The van der Waals surface area contributed by atoms with E-state index in [2.05, 4.69) is 29.5 Å². The Morgan fingerprint density at radius 1 is 1.06 bits per heavy atom. The standard InChI is InChI=1S/C28H37N3O3/c1-26(2)17-23(31-25(33)21-9-5-4-6-10-21)28(14-13-27(3,34)16-22(26)28)12-11-24(32)30-19-20-8-7-15-29-18-20/h4-10,15,18,22-23,34H,11-14,16-17,19H2,1-3H3,(H,30,32)(H,31,33)/t22-,23-,27-,28-/m0/s1. The van der Waals surface area contributed by atoms with E-state index in [1.807, 2.05) is 49.4 Å². The van der Waals surface area contributed by atoms with E-state index in [1.165, 1.54) is 0 Å². The summed E-state index contributed by atoms with van der Waals surface area (Å²) in [5, 5.41) is 17.3. The minimum absolute atomic E-state index is 0.00662. The summed E-state index contributed by atoms with van der Waals surface area (Å²) in [6, 6.07) is 13.1. The third kappa shape index (κ3) is 5.17. The predicted molar refractivity (Wildman–Crippen MR) is 132 cm³/mol. The molecule has 0 unspecified atom stereocenters. The van der Waals surface area contributed by atoms with Crippen LogP contribution >= 0.6 is 0 Å². The Labute approximate surface area is 202 Å². The van der Waals surface area contributed by atoms with E-state index in [4.69, 9.17) is 0 Å². The number of hydrogen-bond acceptors (Lipinski definition) is 4. The summed E-state index contributed by atoms with van der Waals surface area (Å²) in [6.45, 7) is 6.86. The number of rotatable bonds is 7. The third-order valence-corrected chi connectivity index (χ3v) is 8.21. The van der Waals surface area contributed by atoms with Gasteiger partial charge in [-0.15, -0.1) is 0 Å². The van der Waals surface area contributed by atoms with E-state index in [9.17, 15) is 14.7 Å². The molecule has 1 aromatic heterocycles. The summed E-state index contributed by atoms with van der Waals surface area (Å²) in [6.07, 6.45) is 7.56. The van der Waals surface area contributed by atoms with Gasteiger partial charge in [0.15, 0.2) is 0 Å². The molecule has 2 saturated carbocycles. The minimum atomic E-state index is -0.716. The number of aliphatic hydroxyl groups is 1. The molecule has 1 aromatic carbocycles. The van der Waals surface area contributed by atoms with E-state index < -0.39 is 5.60 Å². The number of nitrogens with zero attached hydrogens (tertiary/aromatic N) is 1. The van der Waals surface area contributed by atoms with Crippen LogP contribution in [0.1, 0.15) is 75.2 Å². The lowest BCUT2D eigenvalue weighted by molar-refractivity contribution is -0.123. The van der Waals surface area contributed by atoms with Gasteiger partial charge >= 0.3 is 0 Å². The topological polar surface area (TPSA) is 91.3 Å². The second kappa shape index (κ2) is 9.49. The van der Waals surface area contributed by atoms with Crippen LogP contribution in [0.4, 0.5) is 0 Å². The maximum Gasteiger partial charge on any atom is 0.251 e. The summed E-state index contributed by atoms with van der Waals surface area (Å²) < 4.78 is 0. The first-order valence-corrected chi connectivity index (χ1v) is 12.4. The fourth-order valence-corrected chi connectivity index (χ4v) is 6.40. The van der Waals surface area contributed by atoms with E-state index in [-0.39, 0.29) is 34.6 Å². The van der Waals surface area contributed by atoms with Crippen molar-refractivity contribution in [2.24, 2.45) is 16.7 Å². The monoisotopic (exact) mass is 463 g/mol. The van der Waals surface area contributed by atoms with E-state index in [1.54, 1.807) is 12.4 Å². The molecule has 2 aliphatic carbocycles. The van der Waals surface area contributed by atoms with Gasteiger partial charge in [0.2, 0.25) is 5.91 Å². The Morgan fingerprint density at radius 2 is 1.82 bits per heavy atom. The lowest BCUT2D eigenvalue weighted by atomic mass is 9.57. The summed E-state index contributed by atoms with van der Waals surface area (Å²) in [5.41, 5.74) is 0.630.